The molecule has 26 heavy (non-hydrogen) atoms. The van der Waals surface area contributed by atoms with E-state index in [9.17, 15) is 4.79 Å². The van der Waals surface area contributed by atoms with Crippen LogP contribution in [0.15, 0.2) is 39.9 Å². The lowest BCUT2D eigenvalue weighted by Gasteiger charge is -2.14. The van der Waals surface area contributed by atoms with Crippen LogP contribution in [0.4, 0.5) is 0 Å². The third-order valence-corrected chi connectivity index (χ3v) is 4.65. The first kappa shape index (κ1) is 18.2. The third kappa shape index (κ3) is 4.54. The zero-order valence-electron chi connectivity index (χ0n) is 15.8. The van der Waals surface area contributed by atoms with Crippen LogP contribution in [0.1, 0.15) is 61.7 Å². The van der Waals surface area contributed by atoms with Gasteiger partial charge in [0.2, 0.25) is 0 Å². The highest BCUT2D eigenvalue weighted by Crippen LogP contribution is 2.47. The van der Waals surface area contributed by atoms with Crippen LogP contribution < -0.4 is 10.2 Å². The minimum Gasteiger partial charge on any atom is -0.483 e. The van der Waals surface area contributed by atoms with Crippen LogP contribution in [0.25, 0.3) is 0 Å². The number of hydrazone groups is 1. The van der Waals surface area contributed by atoms with E-state index in [4.69, 9.17) is 9.15 Å². The van der Waals surface area contributed by atoms with Crippen molar-refractivity contribution in [3.05, 3.63) is 53.0 Å². The summed E-state index contributed by atoms with van der Waals surface area (Å²) in [6.07, 6.45) is 2.69. The van der Waals surface area contributed by atoms with Crippen molar-refractivity contribution in [2.24, 2.45) is 11.0 Å². The van der Waals surface area contributed by atoms with Gasteiger partial charge in [-0.15, -0.1) is 0 Å². The molecule has 1 amide bonds. The van der Waals surface area contributed by atoms with Gasteiger partial charge in [0.25, 0.3) is 5.91 Å². The fourth-order valence-electron chi connectivity index (χ4n) is 2.94. The number of aryl methyl sites for hydroxylation is 1. The summed E-state index contributed by atoms with van der Waals surface area (Å²) in [6.45, 7) is 8.33. The summed E-state index contributed by atoms with van der Waals surface area (Å²) in [4.78, 5) is 12.0. The lowest BCUT2D eigenvalue weighted by Crippen LogP contribution is -2.24. The molecule has 0 radical (unpaired) electrons. The van der Waals surface area contributed by atoms with E-state index in [1.165, 1.54) is 12.6 Å². The number of furan rings is 1. The molecule has 1 aliphatic rings. The number of hydrogen-bond donors (Lipinski definition) is 1. The van der Waals surface area contributed by atoms with Crippen LogP contribution in [0.3, 0.4) is 0 Å². The molecular formula is C21H26N2O3. The van der Waals surface area contributed by atoms with Crippen molar-refractivity contribution in [1.82, 2.24) is 5.43 Å². The molecule has 3 rings (SSSR count). The van der Waals surface area contributed by atoms with E-state index >= 15 is 0 Å². The molecule has 1 aromatic heterocycles. The first-order valence-electron chi connectivity index (χ1n) is 9.09. The van der Waals surface area contributed by atoms with Crippen LogP contribution in [0, 0.1) is 12.8 Å². The highest BCUT2D eigenvalue weighted by molar-refractivity contribution is 5.81. The van der Waals surface area contributed by atoms with Crippen LogP contribution >= 0.6 is 0 Å². The Labute approximate surface area is 154 Å². The molecule has 2 aromatic rings. The summed E-state index contributed by atoms with van der Waals surface area (Å²) in [7, 11) is 0. The second-order valence-electron chi connectivity index (χ2n) is 7.34. The van der Waals surface area contributed by atoms with Gasteiger partial charge in [-0.05, 0) is 54.5 Å². The number of amides is 1. The molecule has 0 unspecified atom stereocenters. The molecule has 1 heterocycles. The van der Waals surface area contributed by atoms with Gasteiger partial charge in [0.1, 0.15) is 17.3 Å². The van der Waals surface area contributed by atoms with Crippen molar-refractivity contribution < 1.29 is 13.9 Å². The van der Waals surface area contributed by atoms with Gasteiger partial charge in [-0.1, -0.05) is 32.9 Å². The van der Waals surface area contributed by atoms with Crippen LogP contribution in [0.2, 0.25) is 0 Å². The topological polar surface area (TPSA) is 63.8 Å². The number of benzene rings is 1. The van der Waals surface area contributed by atoms with Crippen molar-refractivity contribution in [2.45, 2.75) is 46.0 Å². The molecule has 1 aromatic carbocycles. The Balaban J connectivity index is 1.50. The van der Waals surface area contributed by atoms with Gasteiger partial charge >= 0.3 is 0 Å². The molecule has 1 aliphatic carbocycles. The smallest absolute Gasteiger partial charge is 0.277 e. The van der Waals surface area contributed by atoms with Crippen molar-refractivity contribution in [1.29, 1.82) is 0 Å². The summed E-state index contributed by atoms with van der Waals surface area (Å²) in [5, 5.41) is 3.94. The van der Waals surface area contributed by atoms with Crippen LogP contribution in [-0.4, -0.2) is 18.7 Å². The average molecular weight is 354 g/mol. The molecule has 5 nitrogen and oxygen atoms in total. The van der Waals surface area contributed by atoms with Crippen LogP contribution in [-0.2, 0) is 4.79 Å². The highest BCUT2D eigenvalue weighted by Gasteiger charge is 2.36. The number of carbonyl (C=O) groups is 1. The third-order valence-electron chi connectivity index (χ3n) is 4.65. The van der Waals surface area contributed by atoms with Crippen molar-refractivity contribution in [2.75, 3.05) is 6.61 Å². The van der Waals surface area contributed by atoms with Gasteiger partial charge in [0.15, 0.2) is 6.61 Å². The normalized spacial score (nSPS) is 19.1. The summed E-state index contributed by atoms with van der Waals surface area (Å²) < 4.78 is 11.4. The Bertz CT molecular complexity index is 807. The molecule has 0 spiro atoms. The number of carbonyl (C=O) groups excluding carboxylic acids is 1. The van der Waals surface area contributed by atoms with Crippen molar-refractivity contribution in [3.63, 3.8) is 0 Å². The standard InChI is InChI=1S/C21H26N2O3/c1-13(2)17-7-5-14(3)9-20(17)25-12-21(24)23-22-11-16-6-8-19(26-16)18-10-15(18)4/h5-9,11,13,15,18H,10,12H2,1-4H3,(H,23,24)/b22-11-/t15-,18-/m1/s1. The van der Waals surface area contributed by atoms with E-state index < -0.39 is 0 Å². The Morgan fingerprint density at radius 2 is 2.15 bits per heavy atom. The average Bonchev–Trinajstić information content (AvgIpc) is 3.14. The summed E-state index contributed by atoms with van der Waals surface area (Å²) in [6, 6.07) is 9.89. The highest BCUT2D eigenvalue weighted by atomic mass is 16.5. The van der Waals surface area contributed by atoms with Gasteiger partial charge < -0.3 is 9.15 Å². The Hall–Kier alpha value is -2.56. The summed E-state index contributed by atoms with van der Waals surface area (Å²) in [5.41, 5.74) is 4.66. The molecule has 5 heteroatoms. The number of ether oxygens (including phenoxy) is 1. The fourth-order valence-corrected chi connectivity index (χ4v) is 2.94. The largest absolute Gasteiger partial charge is 0.483 e. The summed E-state index contributed by atoms with van der Waals surface area (Å²) in [5.74, 6) is 3.63. The number of nitrogens with one attached hydrogen (secondary N) is 1. The molecule has 1 saturated carbocycles. The van der Waals surface area contributed by atoms with Gasteiger partial charge in [0.05, 0.1) is 6.21 Å². The first-order chi connectivity index (χ1) is 12.4. The molecule has 0 aliphatic heterocycles. The van der Waals surface area contributed by atoms with Crippen molar-refractivity contribution >= 4 is 12.1 Å². The molecule has 1 N–H and O–H groups in total. The lowest BCUT2D eigenvalue weighted by atomic mass is 10.0. The van der Waals surface area contributed by atoms with Crippen molar-refractivity contribution in [3.8, 4) is 5.75 Å². The Morgan fingerprint density at radius 1 is 1.38 bits per heavy atom. The van der Waals surface area contributed by atoms with Gasteiger partial charge in [-0.25, -0.2) is 5.43 Å². The summed E-state index contributed by atoms with van der Waals surface area (Å²) >= 11 is 0. The fraction of sp³-hybridized carbons (Fsp3) is 0.429. The maximum atomic E-state index is 12.0. The zero-order chi connectivity index (χ0) is 18.7. The zero-order valence-corrected chi connectivity index (χ0v) is 15.8. The van der Waals surface area contributed by atoms with Gasteiger partial charge in [-0.3, -0.25) is 4.79 Å². The van der Waals surface area contributed by atoms with Gasteiger partial charge in [-0.2, -0.15) is 5.10 Å². The molecular weight excluding hydrogens is 328 g/mol. The first-order valence-corrected chi connectivity index (χ1v) is 9.09. The number of nitrogens with zero attached hydrogens (tertiary/aromatic N) is 1. The minimum atomic E-state index is -0.306. The monoisotopic (exact) mass is 354 g/mol. The molecule has 138 valence electrons. The second kappa shape index (κ2) is 7.77. The second-order valence-corrected chi connectivity index (χ2v) is 7.34. The Kier molecular flexibility index (Phi) is 5.45. The van der Waals surface area contributed by atoms with E-state index in [0.29, 0.717) is 23.5 Å². The molecule has 1 fully saturated rings. The van der Waals surface area contributed by atoms with E-state index in [2.05, 4.69) is 31.3 Å². The van der Waals surface area contributed by atoms with E-state index in [1.54, 1.807) is 0 Å². The molecule has 0 saturated heterocycles. The quantitative estimate of drug-likeness (QED) is 0.593. The predicted molar refractivity (Wildman–Crippen MR) is 102 cm³/mol. The number of rotatable bonds is 7. The molecule has 2 atom stereocenters. The lowest BCUT2D eigenvalue weighted by molar-refractivity contribution is -0.123. The predicted octanol–water partition coefficient (Wildman–Crippen LogP) is 4.36. The Morgan fingerprint density at radius 3 is 2.85 bits per heavy atom. The maximum Gasteiger partial charge on any atom is 0.277 e. The van der Waals surface area contributed by atoms with Crippen LogP contribution in [0.5, 0.6) is 5.75 Å². The van der Waals surface area contributed by atoms with E-state index in [1.807, 2.05) is 37.3 Å². The molecule has 0 bridgehead atoms. The van der Waals surface area contributed by atoms with E-state index in [-0.39, 0.29) is 12.5 Å². The maximum absolute atomic E-state index is 12.0. The SMILES string of the molecule is Cc1ccc(C(C)C)c(OCC(=O)N/N=C\c2ccc([C@@H]3C[C@H]3C)o2)c1. The van der Waals surface area contributed by atoms with E-state index in [0.717, 1.165) is 22.6 Å². The van der Waals surface area contributed by atoms with Gasteiger partial charge in [0, 0.05) is 5.92 Å². The minimum absolute atomic E-state index is 0.0799. The number of hydrogen-bond acceptors (Lipinski definition) is 4.